The maximum atomic E-state index is 2.35. The van der Waals surface area contributed by atoms with Crippen LogP contribution in [0.15, 0.2) is 42.5 Å². The number of aryl methyl sites for hydroxylation is 2. The SMILES string of the molecule is CN(C)c1ccc(N(C)c2ccc3c(c2)CCC3)cc1. The highest BCUT2D eigenvalue weighted by atomic mass is 15.1. The summed E-state index contributed by atoms with van der Waals surface area (Å²) in [5.41, 5.74) is 6.80. The van der Waals surface area contributed by atoms with Gasteiger partial charge in [0.2, 0.25) is 0 Å². The third kappa shape index (κ3) is 2.38. The van der Waals surface area contributed by atoms with E-state index in [0.717, 1.165) is 0 Å². The van der Waals surface area contributed by atoms with Crippen LogP contribution in [0.5, 0.6) is 0 Å². The molecule has 0 aliphatic heterocycles. The third-order valence-electron chi connectivity index (χ3n) is 4.22. The standard InChI is InChI=1S/C18H22N2/c1-19(2)16-9-11-17(12-10-16)20(3)18-8-7-14-5-4-6-15(14)13-18/h7-13H,4-6H2,1-3H3. The van der Waals surface area contributed by atoms with Crippen molar-refractivity contribution in [2.45, 2.75) is 19.3 Å². The number of hydrogen-bond donors (Lipinski definition) is 0. The van der Waals surface area contributed by atoms with Gasteiger partial charge < -0.3 is 9.80 Å². The second kappa shape index (κ2) is 5.20. The minimum absolute atomic E-state index is 1.23. The summed E-state index contributed by atoms with van der Waals surface area (Å²) in [5.74, 6) is 0. The zero-order valence-electron chi connectivity index (χ0n) is 12.6. The van der Waals surface area contributed by atoms with E-state index in [1.165, 1.54) is 47.5 Å². The Hall–Kier alpha value is -1.96. The number of nitrogens with zero attached hydrogens (tertiary/aromatic N) is 2. The Balaban J connectivity index is 1.86. The Morgan fingerprint density at radius 2 is 1.30 bits per heavy atom. The molecule has 0 amide bonds. The van der Waals surface area contributed by atoms with Gasteiger partial charge in [-0.05, 0) is 66.8 Å². The molecule has 0 fully saturated rings. The smallest absolute Gasteiger partial charge is 0.0411 e. The minimum atomic E-state index is 1.23. The molecule has 0 saturated heterocycles. The van der Waals surface area contributed by atoms with Gasteiger partial charge in [0.05, 0.1) is 0 Å². The molecule has 0 bridgehead atoms. The molecular formula is C18H22N2. The zero-order chi connectivity index (χ0) is 14.1. The molecule has 1 aliphatic rings. The summed E-state index contributed by atoms with van der Waals surface area (Å²) in [6.07, 6.45) is 3.79. The van der Waals surface area contributed by atoms with Crippen molar-refractivity contribution in [1.82, 2.24) is 0 Å². The lowest BCUT2D eigenvalue weighted by Crippen LogP contribution is -2.11. The number of benzene rings is 2. The fourth-order valence-corrected chi connectivity index (χ4v) is 2.89. The Labute approximate surface area is 121 Å². The molecule has 20 heavy (non-hydrogen) atoms. The van der Waals surface area contributed by atoms with Crippen LogP contribution in [0.3, 0.4) is 0 Å². The van der Waals surface area contributed by atoms with Crippen molar-refractivity contribution in [3.05, 3.63) is 53.6 Å². The summed E-state index contributed by atoms with van der Waals surface area (Å²) < 4.78 is 0. The summed E-state index contributed by atoms with van der Waals surface area (Å²) in [5, 5.41) is 0. The first kappa shape index (κ1) is 13.0. The number of rotatable bonds is 3. The summed E-state index contributed by atoms with van der Waals surface area (Å²) in [4.78, 5) is 4.39. The molecule has 2 nitrogen and oxygen atoms in total. The maximum absolute atomic E-state index is 2.35. The van der Waals surface area contributed by atoms with Gasteiger partial charge in [0.1, 0.15) is 0 Å². The highest BCUT2D eigenvalue weighted by Crippen LogP contribution is 2.30. The first-order chi connectivity index (χ1) is 9.65. The number of anilines is 3. The second-order valence-electron chi connectivity index (χ2n) is 5.78. The van der Waals surface area contributed by atoms with Crippen molar-refractivity contribution in [2.75, 3.05) is 30.9 Å². The van der Waals surface area contributed by atoms with E-state index in [4.69, 9.17) is 0 Å². The lowest BCUT2D eigenvalue weighted by molar-refractivity contribution is 0.911. The summed E-state index contributed by atoms with van der Waals surface area (Å²) >= 11 is 0. The number of fused-ring (bicyclic) bond motifs is 1. The van der Waals surface area contributed by atoms with Crippen LogP contribution in [-0.2, 0) is 12.8 Å². The highest BCUT2D eigenvalue weighted by molar-refractivity contribution is 5.66. The van der Waals surface area contributed by atoms with Gasteiger partial charge in [-0.3, -0.25) is 0 Å². The van der Waals surface area contributed by atoms with Crippen molar-refractivity contribution >= 4 is 17.1 Å². The second-order valence-corrected chi connectivity index (χ2v) is 5.78. The monoisotopic (exact) mass is 266 g/mol. The Morgan fingerprint density at radius 3 is 2.00 bits per heavy atom. The van der Waals surface area contributed by atoms with Crippen molar-refractivity contribution in [2.24, 2.45) is 0 Å². The quantitative estimate of drug-likeness (QED) is 0.828. The van der Waals surface area contributed by atoms with E-state index in [0.29, 0.717) is 0 Å². The van der Waals surface area contributed by atoms with Crippen LogP contribution in [0.25, 0.3) is 0 Å². The molecular weight excluding hydrogens is 244 g/mol. The Morgan fingerprint density at radius 1 is 0.700 bits per heavy atom. The lowest BCUT2D eigenvalue weighted by atomic mass is 10.1. The molecule has 0 N–H and O–H groups in total. The van der Waals surface area contributed by atoms with Crippen LogP contribution in [0, 0.1) is 0 Å². The van der Waals surface area contributed by atoms with Gasteiger partial charge in [0.25, 0.3) is 0 Å². The molecule has 0 heterocycles. The van der Waals surface area contributed by atoms with Gasteiger partial charge in [0, 0.05) is 38.2 Å². The predicted molar refractivity (Wildman–Crippen MR) is 87.3 cm³/mol. The van der Waals surface area contributed by atoms with E-state index in [-0.39, 0.29) is 0 Å². The van der Waals surface area contributed by atoms with Crippen molar-refractivity contribution in [3.63, 3.8) is 0 Å². The molecule has 0 spiro atoms. The molecule has 2 aromatic rings. The van der Waals surface area contributed by atoms with Crippen LogP contribution in [-0.4, -0.2) is 21.1 Å². The third-order valence-corrected chi connectivity index (χ3v) is 4.22. The minimum Gasteiger partial charge on any atom is -0.378 e. The largest absolute Gasteiger partial charge is 0.378 e. The van der Waals surface area contributed by atoms with E-state index in [2.05, 4.69) is 73.4 Å². The van der Waals surface area contributed by atoms with Crippen molar-refractivity contribution in [1.29, 1.82) is 0 Å². The van der Waals surface area contributed by atoms with Crippen molar-refractivity contribution in [3.8, 4) is 0 Å². The molecule has 1 aliphatic carbocycles. The maximum Gasteiger partial charge on any atom is 0.0411 e. The van der Waals surface area contributed by atoms with Crippen LogP contribution < -0.4 is 9.80 Å². The molecule has 2 aromatic carbocycles. The average Bonchev–Trinajstić information content (AvgIpc) is 2.94. The highest BCUT2D eigenvalue weighted by Gasteiger charge is 2.12. The Bertz CT molecular complexity index is 599. The summed E-state index contributed by atoms with van der Waals surface area (Å²) in [6, 6.07) is 15.6. The van der Waals surface area contributed by atoms with Gasteiger partial charge in [-0.2, -0.15) is 0 Å². The van der Waals surface area contributed by atoms with Crippen molar-refractivity contribution < 1.29 is 0 Å². The predicted octanol–water partition coefficient (Wildman–Crippen LogP) is 4.01. The van der Waals surface area contributed by atoms with Crippen LogP contribution in [0.1, 0.15) is 17.5 Å². The average molecular weight is 266 g/mol. The first-order valence-corrected chi connectivity index (χ1v) is 7.28. The van der Waals surface area contributed by atoms with E-state index < -0.39 is 0 Å². The molecule has 3 rings (SSSR count). The molecule has 0 atom stereocenters. The van der Waals surface area contributed by atoms with E-state index >= 15 is 0 Å². The normalized spacial score (nSPS) is 13.2. The summed E-state index contributed by atoms with van der Waals surface area (Å²) in [6.45, 7) is 0. The molecule has 0 radical (unpaired) electrons. The zero-order valence-corrected chi connectivity index (χ0v) is 12.6. The molecule has 0 saturated carbocycles. The number of hydrogen-bond acceptors (Lipinski definition) is 2. The van der Waals surface area contributed by atoms with Gasteiger partial charge in [-0.25, -0.2) is 0 Å². The van der Waals surface area contributed by atoms with Gasteiger partial charge in [0.15, 0.2) is 0 Å². The molecule has 0 aromatic heterocycles. The molecule has 104 valence electrons. The first-order valence-electron chi connectivity index (χ1n) is 7.28. The van der Waals surface area contributed by atoms with Gasteiger partial charge in [-0.15, -0.1) is 0 Å². The van der Waals surface area contributed by atoms with Gasteiger partial charge in [-0.1, -0.05) is 6.07 Å². The topological polar surface area (TPSA) is 6.48 Å². The van der Waals surface area contributed by atoms with E-state index in [1.807, 2.05) is 0 Å². The van der Waals surface area contributed by atoms with Gasteiger partial charge >= 0.3 is 0 Å². The molecule has 0 unspecified atom stereocenters. The Kier molecular flexibility index (Phi) is 3.39. The lowest BCUT2D eigenvalue weighted by Gasteiger charge is -2.21. The van der Waals surface area contributed by atoms with Crippen LogP contribution in [0.2, 0.25) is 0 Å². The van der Waals surface area contributed by atoms with E-state index in [9.17, 15) is 0 Å². The van der Waals surface area contributed by atoms with Crippen LogP contribution in [0.4, 0.5) is 17.1 Å². The van der Waals surface area contributed by atoms with E-state index in [1.54, 1.807) is 0 Å². The molecule has 2 heteroatoms. The summed E-state index contributed by atoms with van der Waals surface area (Å²) in [7, 11) is 6.28. The van der Waals surface area contributed by atoms with Crippen LogP contribution >= 0.6 is 0 Å². The fourth-order valence-electron chi connectivity index (χ4n) is 2.89. The fraction of sp³-hybridized carbons (Fsp3) is 0.333.